The van der Waals surface area contributed by atoms with E-state index in [0.717, 1.165) is 18.4 Å². The van der Waals surface area contributed by atoms with Gasteiger partial charge in [-0.1, -0.05) is 36.4 Å². The smallest absolute Gasteiger partial charge is 0.410 e. The number of aliphatic carboxylic acids is 1. The minimum atomic E-state index is -0.931. The molecule has 0 saturated carbocycles. The Morgan fingerprint density at radius 1 is 1.24 bits per heavy atom. The number of hydrogen-bond acceptors (Lipinski definition) is 3. The summed E-state index contributed by atoms with van der Waals surface area (Å²) in [5.74, 6) is -0.709. The number of carbonyl (C=O) groups excluding carboxylic acids is 1. The number of likely N-dealkylation sites (tertiary alicyclic amines) is 1. The number of hydrogen-bond donors (Lipinski definition) is 1. The van der Waals surface area contributed by atoms with E-state index < -0.39 is 5.97 Å². The molecular weight excluding hydrogens is 270 g/mol. The molecule has 0 atom stereocenters. The molecule has 2 rings (SSSR count). The summed E-state index contributed by atoms with van der Waals surface area (Å²) >= 11 is 0. The summed E-state index contributed by atoms with van der Waals surface area (Å²) in [7, 11) is 0. The summed E-state index contributed by atoms with van der Waals surface area (Å²) in [5.41, 5.74) is 0.963. The molecule has 1 heterocycles. The fourth-order valence-electron chi connectivity index (χ4n) is 2.30. The molecule has 0 aromatic heterocycles. The number of benzene rings is 1. The summed E-state index contributed by atoms with van der Waals surface area (Å²) < 4.78 is 5.28. The van der Waals surface area contributed by atoms with Crippen LogP contribution in [0.1, 0.15) is 18.4 Å². The first-order valence-corrected chi connectivity index (χ1v) is 7.02. The largest absolute Gasteiger partial charge is 0.478 e. The van der Waals surface area contributed by atoms with Crippen LogP contribution < -0.4 is 0 Å². The van der Waals surface area contributed by atoms with E-state index in [1.165, 1.54) is 6.08 Å². The van der Waals surface area contributed by atoms with Crippen LogP contribution in [0, 0.1) is 5.92 Å². The van der Waals surface area contributed by atoms with Crippen molar-refractivity contribution in [2.24, 2.45) is 5.92 Å². The van der Waals surface area contributed by atoms with Gasteiger partial charge >= 0.3 is 12.1 Å². The Labute approximate surface area is 123 Å². The van der Waals surface area contributed by atoms with E-state index in [1.54, 1.807) is 11.0 Å². The van der Waals surface area contributed by atoms with Crippen molar-refractivity contribution in [3.05, 3.63) is 48.0 Å². The van der Waals surface area contributed by atoms with Crippen LogP contribution in [0.15, 0.2) is 42.5 Å². The maximum Gasteiger partial charge on any atom is 0.410 e. The van der Waals surface area contributed by atoms with E-state index in [9.17, 15) is 9.59 Å². The molecular formula is C16H19NO4. The molecule has 1 saturated heterocycles. The minimum Gasteiger partial charge on any atom is -0.478 e. The number of carbonyl (C=O) groups is 2. The van der Waals surface area contributed by atoms with E-state index in [0.29, 0.717) is 13.1 Å². The van der Waals surface area contributed by atoms with Crippen LogP contribution in [0.25, 0.3) is 0 Å². The highest BCUT2D eigenvalue weighted by molar-refractivity contribution is 5.79. The number of nitrogens with zero attached hydrogens (tertiary/aromatic N) is 1. The fraction of sp³-hybridized carbons (Fsp3) is 0.375. The monoisotopic (exact) mass is 289 g/mol. The van der Waals surface area contributed by atoms with Gasteiger partial charge in [-0.15, -0.1) is 0 Å². The highest BCUT2D eigenvalue weighted by atomic mass is 16.6. The third kappa shape index (κ3) is 4.95. The maximum atomic E-state index is 11.9. The molecule has 0 unspecified atom stereocenters. The summed E-state index contributed by atoms with van der Waals surface area (Å²) in [4.78, 5) is 24.1. The molecule has 112 valence electrons. The van der Waals surface area contributed by atoms with E-state index >= 15 is 0 Å². The van der Waals surface area contributed by atoms with Crippen LogP contribution in [-0.2, 0) is 16.1 Å². The Morgan fingerprint density at radius 2 is 1.90 bits per heavy atom. The topological polar surface area (TPSA) is 66.8 Å². The lowest BCUT2D eigenvalue weighted by Gasteiger charge is -2.29. The molecule has 0 radical (unpaired) electrons. The Balaban J connectivity index is 1.74. The second kappa shape index (κ2) is 7.47. The molecule has 21 heavy (non-hydrogen) atoms. The van der Waals surface area contributed by atoms with Crippen molar-refractivity contribution >= 4 is 12.1 Å². The SMILES string of the molecule is O=C(O)C=CC1CCN(C(=O)OCc2ccccc2)CC1. The Morgan fingerprint density at radius 3 is 2.52 bits per heavy atom. The highest BCUT2D eigenvalue weighted by Gasteiger charge is 2.22. The normalized spacial score (nSPS) is 16.1. The first-order chi connectivity index (χ1) is 10.1. The lowest BCUT2D eigenvalue weighted by atomic mass is 9.97. The quantitative estimate of drug-likeness (QED) is 0.865. The van der Waals surface area contributed by atoms with Crippen molar-refractivity contribution in [2.45, 2.75) is 19.4 Å². The van der Waals surface area contributed by atoms with Gasteiger partial charge < -0.3 is 14.7 Å². The first kappa shape index (κ1) is 15.1. The second-order valence-electron chi connectivity index (χ2n) is 5.06. The van der Waals surface area contributed by atoms with Crippen molar-refractivity contribution in [3.8, 4) is 0 Å². The third-order valence-electron chi connectivity index (χ3n) is 3.51. The van der Waals surface area contributed by atoms with Crippen molar-refractivity contribution in [1.29, 1.82) is 0 Å². The molecule has 1 aromatic rings. The summed E-state index contributed by atoms with van der Waals surface area (Å²) in [6, 6.07) is 9.56. The van der Waals surface area contributed by atoms with E-state index in [2.05, 4.69) is 0 Å². The zero-order chi connectivity index (χ0) is 15.1. The zero-order valence-electron chi connectivity index (χ0n) is 11.8. The van der Waals surface area contributed by atoms with E-state index in [-0.39, 0.29) is 18.6 Å². The van der Waals surface area contributed by atoms with Crippen molar-refractivity contribution < 1.29 is 19.4 Å². The molecule has 1 fully saturated rings. The Bertz CT molecular complexity index is 504. The van der Waals surface area contributed by atoms with Gasteiger partial charge in [-0.2, -0.15) is 0 Å². The number of allylic oxidation sites excluding steroid dienone is 1. The van der Waals surface area contributed by atoms with Gasteiger partial charge in [0.1, 0.15) is 6.61 Å². The summed E-state index contributed by atoms with van der Waals surface area (Å²) in [6.07, 6.45) is 4.11. The minimum absolute atomic E-state index is 0.222. The molecule has 1 aliphatic heterocycles. The van der Waals surface area contributed by atoms with Crippen LogP contribution in [0.5, 0.6) is 0 Å². The first-order valence-electron chi connectivity index (χ1n) is 7.02. The molecule has 0 spiro atoms. The zero-order valence-corrected chi connectivity index (χ0v) is 11.8. The van der Waals surface area contributed by atoms with Gasteiger partial charge in [0.25, 0.3) is 0 Å². The van der Waals surface area contributed by atoms with E-state index in [4.69, 9.17) is 9.84 Å². The molecule has 1 amide bonds. The van der Waals surface area contributed by atoms with Gasteiger partial charge in [0.2, 0.25) is 0 Å². The number of rotatable bonds is 4. The molecule has 1 N–H and O–H groups in total. The van der Waals surface area contributed by atoms with Gasteiger partial charge in [-0.05, 0) is 24.3 Å². The molecule has 5 heteroatoms. The van der Waals surface area contributed by atoms with Crippen molar-refractivity contribution in [2.75, 3.05) is 13.1 Å². The molecule has 0 aliphatic carbocycles. The van der Waals surface area contributed by atoms with Crippen molar-refractivity contribution in [1.82, 2.24) is 4.90 Å². The van der Waals surface area contributed by atoms with Crippen LogP contribution >= 0.6 is 0 Å². The molecule has 1 aromatic carbocycles. The van der Waals surface area contributed by atoms with Crippen LogP contribution in [-0.4, -0.2) is 35.2 Å². The van der Waals surface area contributed by atoms with Gasteiger partial charge in [0, 0.05) is 19.2 Å². The van der Waals surface area contributed by atoms with Gasteiger partial charge in [-0.3, -0.25) is 0 Å². The summed E-state index contributed by atoms with van der Waals surface area (Å²) in [6.45, 7) is 1.48. The average Bonchev–Trinajstić information content (AvgIpc) is 2.52. The molecule has 0 bridgehead atoms. The van der Waals surface area contributed by atoms with Gasteiger partial charge in [0.05, 0.1) is 0 Å². The van der Waals surface area contributed by atoms with E-state index in [1.807, 2.05) is 30.3 Å². The average molecular weight is 289 g/mol. The number of carboxylic acids is 1. The molecule has 5 nitrogen and oxygen atoms in total. The number of piperidine rings is 1. The lowest BCUT2D eigenvalue weighted by Crippen LogP contribution is -2.38. The van der Waals surface area contributed by atoms with Gasteiger partial charge in [-0.25, -0.2) is 9.59 Å². The predicted octanol–water partition coefficient (Wildman–Crippen LogP) is 2.68. The van der Waals surface area contributed by atoms with Crippen LogP contribution in [0.3, 0.4) is 0 Å². The lowest BCUT2D eigenvalue weighted by molar-refractivity contribution is -0.131. The molecule has 1 aliphatic rings. The van der Waals surface area contributed by atoms with Crippen molar-refractivity contribution in [3.63, 3.8) is 0 Å². The number of carboxylic acid groups (broad SMARTS) is 1. The fourth-order valence-corrected chi connectivity index (χ4v) is 2.30. The number of ether oxygens (including phenoxy) is 1. The number of amides is 1. The standard InChI is InChI=1S/C16H19NO4/c18-15(19)7-6-13-8-10-17(11-9-13)16(20)21-12-14-4-2-1-3-5-14/h1-7,13H,8-12H2,(H,18,19). The van der Waals surface area contributed by atoms with Gasteiger partial charge in [0.15, 0.2) is 0 Å². The Hall–Kier alpha value is -2.30. The predicted molar refractivity (Wildman–Crippen MR) is 77.7 cm³/mol. The van der Waals surface area contributed by atoms with Crippen LogP contribution in [0.2, 0.25) is 0 Å². The van der Waals surface area contributed by atoms with Crippen LogP contribution in [0.4, 0.5) is 4.79 Å². The third-order valence-corrected chi connectivity index (χ3v) is 3.51. The second-order valence-corrected chi connectivity index (χ2v) is 5.06. The maximum absolute atomic E-state index is 11.9. The summed E-state index contributed by atoms with van der Waals surface area (Å²) in [5, 5.41) is 8.59. The Kier molecular flexibility index (Phi) is 5.37. The highest BCUT2D eigenvalue weighted by Crippen LogP contribution is 2.19.